The van der Waals surface area contributed by atoms with Crippen LogP contribution in [0.2, 0.25) is 0 Å². The zero-order chi connectivity index (χ0) is 10.3. The van der Waals surface area contributed by atoms with Crippen molar-refractivity contribution >= 4 is 0 Å². The van der Waals surface area contributed by atoms with Crippen molar-refractivity contribution in [3.8, 4) is 0 Å². The lowest BCUT2D eigenvalue weighted by Gasteiger charge is -2.21. The summed E-state index contributed by atoms with van der Waals surface area (Å²) in [6.45, 7) is 12.7. The maximum atomic E-state index is 3.57. The highest BCUT2D eigenvalue weighted by Gasteiger charge is 2.11. The molecular weight excluding hydrogens is 158 g/mol. The van der Waals surface area contributed by atoms with Crippen LogP contribution in [0.15, 0.2) is 0 Å². The maximum Gasteiger partial charge on any atom is 0.00362 e. The lowest BCUT2D eigenvalue weighted by atomic mass is 9.91. The Balaban J connectivity index is 3.54. The zero-order valence-electron chi connectivity index (χ0n) is 10.1. The minimum atomic E-state index is 0.677. The molecule has 0 rings (SSSR count). The van der Waals surface area contributed by atoms with E-state index in [0.29, 0.717) is 6.04 Å². The molecule has 1 N–H and O–H groups in total. The third-order valence-electron chi connectivity index (χ3n) is 3.12. The Hall–Kier alpha value is -0.0400. The minimum absolute atomic E-state index is 0.677. The summed E-state index contributed by atoms with van der Waals surface area (Å²) in [5.74, 6) is 1.68. The van der Waals surface area contributed by atoms with Crippen LogP contribution in [0.5, 0.6) is 0 Å². The van der Waals surface area contributed by atoms with Crippen molar-refractivity contribution in [2.75, 3.05) is 6.54 Å². The van der Waals surface area contributed by atoms with Gasteiger partial charge in [0.1, 0.15) is 0 Å². The van der Waals surface area contributed by atoms with Crippen molar-refractivity contribution in [3.05, 3.63) is 0 Å². The number of nitrogens with one attached hydrogen (secondary N) is 1. The normalized spacial score (nSPS) is 18.2. The van der Waals surface area contributed by atoms with Crippen molar-refractivity contribution in [1.29, 1.82) is 0 Å². The molecular formula is C12H27N. The second-order valence-corrected chi connectivity index (χ2v) is 4.46. The molecule has 1 nitrogen and oxygen atoms in total. The Kier molecular flexibility index (Phi) is 7.35. The van der Waals surface area contributed by atoms with Crippen LogP contribution >= 0.6 is 0 Å². The fourth-order valence-electron chi connectivity index (χ4n) is 1.47. The van der Waals surface area contributed by atoms with Gasteiger partial charge in [0, 0.05) is 6.04 Å². The molecule has 0 aromatic rings. The van der Waals surface area contributed by atoms with Crippen LogP contribution < -0.4 is 5.32 Å². The molecule has 0 saturated heterocycles. The average Bonchev–Trinajstić information content (AvgIpc) is 2.13. The van der Waals surface area contributed by atoms with Crippen LogP contribution in [-0.4, -0.2) is 12.6 Å². The van der Waals surface area contributed by atoms with Crippen LogP contribution in [0.3, 0.4) is 0 Å². The van der Waals surface area contributed by atoms with Crippen LogP contribution in [0.4, 0.5) is 0 Å². The topological polar surface area (TPSA) is 12.0 Å². The molecule has 0 aliphatic carbocycles. The lowest BCUT2D eigenvalue weighted by molar-refractivity contribution is 0.331. The van der Waals surface area contributed by atoms with E-state index in [2.05, 4.69) is 39.9 Å². The molecule has 0 aliphatic heterocycles. The Labute approximate surface area is 84.3 Å². The van der Waals surface area contributed by atoms with Crippen LogP contribution in [0, 0.1) is 11.8 Å². The Morgan fingerprint density at radius 3 is 2.08 bits per heavy atom. The summed E-state index contributed by atoms with van der Waals surface area (Å²) < 4.78 is 0. The predicted molar refractivity (Wildman–Crippen MR) is 61.0 cm³/mol. The summed E-state index contributed by atoms with van der Waals surface area (Å²) in [7, 11) is 0. The van der Waals surface area contributed by atoms with Gasteiger partial charge in [-0.2, -0.15) is 0 Å². The van der Waals surface area contributed by atoms with Gasteiger partial charge in [-0.05, 0) is 31.7 Å². The largest absolute Gasteiger partial charge is 0.314 e. The van der Waals surface area contributed by atoms with E-state index in [1.54, 1.807) is 0 Å². The van der Waals surface area contributed by atoms with Crippen molar-refractivity contribution in [2.24, 2.45) is 11.8 Å². The van der Waals surface area contributed by atoms with E-state index in [4.69, 9.17) is 0 Å². The van der Waals surface area contributed by atoms with E-state index in [0.717, 1.165) is 11.8 Å². The Bertz CT molecular complexity index is 112. The van der Waals surface area contributed by atoms with E-state index < -0.39 is 0 Å². The quantitative estimate of drug-likeness (QED) is 0.640. The average molecular weight is 185 g/mol. The number of hydrogen-bond donors (Lipinski definition) is 1. The second kappa shape index (κ2) is 7.37. The Morgan fingerprint density at radius 1 is 1.00 bits per heavy atom. The van der Waals surface area contributed by atoms with E-state index in [1.165, 1.54) is 25.8 Å². The molecule has 0 aliphatic rings. The fraction of sp³-hybridized carbons (Fsp3) is 1.00. The molecule has 0 heterocycles. The minimum Gasteiger partial charge on any atom is -0.314 e. The van der Waals surface area contributed by atoms with Gasteiger partial charge in [-0.3, -0.25) is 0 Å². The molecule has 1 heteroatoms. The second-order valence-electron chi connectivity index (χ2n) is 4.46. The monoisotopic (exact) mass is 185 g/mol. The summed E-state index contributed by atoms with van der Waals surface area (Å²) in [6.07, 6.45) is 3.91. The van der Waals surface area contributed by atoms with Gasteiger partial charge in [-0.1, -0.05) is 40.5 Å². The van der Waals surface area contributed by atoms with Crippen molar-refractivity contribution < 1.29 is 0 Å². The highest BCUT2D eigenvalue weighted by Crippen LogP contribution is 2.15. The molecule has 0 saturated carbocycles. The molecule has 0 bridgehead atoms. The van der Waals surface area contributed by atoms with Crippen molar-refractivity contribution in [2.45, 2.75) is 59.9 Å². The molecule has 13 heavy (non-hydrogen) atoms. The van der Waals surface area contributed by atoms with Gasteiger partial charge >= 0.3 is 0 Å². The number of rotatable bonds is 7. The lowest BCUT2D eigenvalue weighted by Crippen LogP contribution is -2.31. The molecule has 3 atom stereocenters. The molecule has 80 valence electrons. The van der Waals surface area contributed by atoms with E-state index in [9.17, 15) is 0 Å². The van der Waals surface area contributed by atoms with Crippen LogP contribution in [0.25, 0.3) is 0 Å². The van der Waals surface area contributed by atoms with E-state index in [-0.39, 0.29) is 0 Å². The molecule has 2 unspecified atom stereocenters. The standard InChI is InChI=1S/C12H27N/c1-6-8-10(3)11(4)9-13-12(5)7-2/h10-13H,6-9H2,1-5H3/t10-,11?,12?/m0/s1. The smallest absolute Gasteiger partial charge is 0.00362 e. The molecule has 0 aromatic heterocycles. The summed E-state index contributed by atoms with van der Waals surface area (Å²) >= 11 is 0. The van der Waals surface area contributed by atoms with Crippen LogP contribution in [-0.2, 0) is 0 Å². The summed E-state index contributed by atoms with van der Waals surface area (Å²) in [5.41, 5.74) is 0. The molecule has 0 spiro atoms. The maximum absolute atomic E-state index is 3.57. The van der Waals surface area contributed by atoms with Gasteiger partial charge in [0.05, 0.1) is 0 Å². The third-order valence-corrected chi connectivity index (χ3v) is 3.12. The summed E-state index contributed by atoms with van der Waals surface area (Å²) in [4.78, 5) is 0. The van der Waals surface area contributed by atoms with Gasteiger partial charge in [0.2, 0.25) is 0 Å². The Morgan fingerprint density at radius 2 is 1.62 bits per heavy atom. The van der Waals surface area contributed by atoms with Crippen LogP contribution in [0.1, 0.15) is 53.9 Å². The van der Waals surface area contributed by atoms with Crippen molar-refractivity contribution in [1.82, 2.24) is 5.32 Å². The third kappa shape index (κ3) is 6.09. The predicted octanol–water partition coefficient (Wildman–Crippen LogP) is 3.45. The van der Waals surface area contributed by atoms with E-state index in [1.807, 2.05) is 0 Å². The van der Waals surface area contributed by atoms with Gasteiger partial charge in [0.15, 0.2) is 0 Å². The van der Waals surface area contributed by atoms with Crippen molar-refractivity contribution in [3.63, 3.8) is 0 Å². The first kappa shape index (κ1) is 13.0. The first-order valence-corrected chi connectivity index (χ1v) is 5.85. The first-order chi connectivity index (χ1) is 6.11. The molecule has 0 aromatic carbocycles. The molecule has 0 fully saturated rings. The van der Waals surface area contributed by atoms with Gasteiger partial charge in [-0.15, -0.1) is 0 Å². The zero-order valence-corrected chi connectivity index (χ0v) is 10.1. The van der Waals surface area contributed by atoms with Gasteiger partial charge < -0.3 is 5.32 Å². The highest BCUT2D eigenvalue weighted by molar-refractivity contribution is 4.66. The summed E-state index contributed by atoms with van der Waals surface area (Å²) in [5, 5.41) is 3.57. The summed E-state index contributed by atoms with van der Waals surface area (Å²) in [6, 6.07) is 0.677. The van der Waals surface area contributed by atoms with E-state index >= 15 is 0 Å². The SMILES string of the molecule is CCC[C@H](C)C(C)CNC(C)CC. The molecule has 0 radical (unpaired) electrons. The van der Waals surface area contributed by atoms with Gasteiger partial charge in [0.25, 0.3) is 0 Å². The highest BCUT2D eigenvalue weighted by atomic mass is 14.9. The number of hydrogen-bond acceptors (Lipinski definition) is 1. The first-order valence-electron chi connectivity index (χ1n) is 5.85. The fourth-order valence-corrected chi connectivity index (χ4v) is 1.47. The molecule has 0 amide bonds. The van der Waals surface area contributed by atoms with Gasteiger partial charge in [-0.25, -0.2) is 0 Å².